The third-order valence-electron chi connectivity index (χ3n) is 2.93. The van der Waals surface area contributed by atoms with E-state index in [1.807, 2.05) is 26.0 Å². The topological polar surface area (TPSA) is 64.8 Å². The number of hydrogen-bond donors (Lipinski definition) is 0. The van der Waals surface area contributed by atoms with Crippen molar-refractivity contribution in [3.63, 3.8) is 0 Å². The summed E-state index contributed by atoms with van der Waals surface area (Å²) in [6.07, 6.45) is -1.80. The van der Waals surface area contributed by atoms with E-state index in [4.69, 9.17) is 8.42 Å². The molecule has 0 saturated carbocycles. The van der Waals surface area contributed by atoms with Crippen LogP contribution in [0.5, 0.6) is 0 Å². The molecule has 0 aliphatic rings. The summed E-state index contributed by atoms with van der Waals surface area (Å²) in [5.41, 5.74) is 2.75. The summed E-state index contributed by atoms with van der Waals surface area (Å²) in [5.74, 6) is -1.12. The SMILES string of the molecule is CCc1ccc(-n2cnc(C(F)(F)F)n2)c(CC)c1.O=S(=O)(Cl)Cl. The number of benzene rings is 1. The average molecular weight is 404 g/mol. The second-order valence-electron chi connectivity index (χ2n) is 4.56. The number of hydrogen-bond acceptors (Lipinski definition) is 4. The van der Waals surface area contributed by atoms with E-state index in [0.29, 0.717) is 5.69 Å². The zero-order valence-corrected chi connectivity index (χ0v) is 15.0. The monoisotopic (exact) mass is 403 g/mol. The van der Waals surface area contributed by atoms with E-state index >= 15 is 0 Å². The van der Waals surface area contributed by atoms with Crippen molar-refractivity contribution in [1.82, 2.24) is 14.8 Å². The number of halogens is 5. The minimum Gasteiger partial charge on any atom is -0.220 e. The quantitative estimate of drug-likeness (QED) is 0.722. The van der Waals surface area contributed by atoms with Gasteiger partial charge in [-0.1, -0.05) is 26.0 Å². The van der Waals surface area contributed by atoms with Crippen molar-refractivity contribution in [2.75, 3.05) is 0 Å². The molecule has 0 N–H and O–H groups in total. The lowest BCUT2D eigenvalue weighted by Gasteiger charge is -2.09. The largest absolute Gasteiger partial charge is 0.453 e. The van der Waals surface area contributed by atoms with E-state index in [2.05, 4.69) is 31.4 Å². The molecule has 0 aliphatic carbocycles. The third kappa shape index (κ3) is 6.66. The molecule has 0 radical (unpaired) electrons. The molecule has 1 aromatic carbocycles. The summed E-state index contributed by atoms with van der Waals surface area (Å²) in [6.45, 7) is 3.99. The lowest BCUT2D eigenvalue weighted by Crippen LogP contribution is -2.09. The van der Waals surface area contributed by atoms with Crippen LogP contribution < -0.4 is 0 Å². The number of nitrogens with zero attached hydrogens (tertiary/aromatic N) is 3. The normalized spacial score (nSPS) is 11.8. The third-order valence-corrected chi connectivity index (χ3v) is 2.93. The summed E-state index contributed by atoms with van der Waals surface area (Å²) < 4.78 is 56.9. The van der Waals surface area contributed by atoms with E-state index in [9.17, 15) is 13.2 Å². The van der Waals surface area contributed by atoms with Gasteiger partial charge in [0.15, 0.2) is 0 Å². The predicted octanol–water partition coefficient (Wildman–Crippen LogP) is 4.12. The van der Waals surface area contributed by atoms with Crippen LogP contribution in [0.4, 0.5) is 13.2 Å². The molecule has 5 nitrogen and oxygen atoms in total. The second-order valence-corrected chi connectivity index (χ2v) is 8.23. The van der Waals surface area contributed by atoms with Crippen molar-refractivity contribution < 1.29 is 21.6 Å². The Hall–Kier alpha value is -1.32. The zero-order chi connectivity index (χ0) is 18.5. The van der Waals surface area contributed by atoms with Crippen LogP contribution in [0.15, 0.2) is 24.5 Å². The number of alkyl halides is 3. The fraction of sp³-hybridized carbons (Fsp3) is 0.385. The zero-order valence-electron chi connectivity index (χ0n) is 12.7. The smallest absolute Gasteiger partial charge is 0.220 e. The van der Waals surface area contributed by atoms with E-state index in [-0.39, 0.29) is 0 Å². The standard InChI is InChI=1S/C13H14F3N3.Cl2O2S/c1-3-9-5-6-11(10(4-2)7-9)19-8-17-12(18-19)13(14,15)16;1-5(2,3)4/h5-8H,3-4H2,1-2H3;. The molecule has 2 aromatic rings. The fourth-order valence-electron chi connectivity index (χ4n) is 1.87. The van der Waals surface area contributed by atoms with E-state index in [1.165, 1.54) is 4.68 Å². The van der Waals surface area contributed by atoms with Gasteiger partial charge < -0.3 is 0 Å². The van der Waals surface area contributed by atoms with Gasteiger partial charge in [0.2, 0.25) is 0 Å². The minimum atomic E-state index is -4.51. The summed E-state index contributed by atoms with van der Waals surface area (Å²) >= 11 is 0. The van der Waals surface area contributed by atoms with Gasteiger partial charge in [-0.25, -0.2) is 9.67 Å². The van der Waals surface area contributed by atoms with Crippen molar-refractivity contribution in [2.24, 2.45) is 0 Å². The van der Waals surface area contributed by atoms with Crippen molar-refractivity contribution in [2.45, 2.75) is 32.9 Å². The summed E-state index contributed by atoms with van der Waals surface area (Å²) in [5, 5.41) is 3.50. The van der Waals surface area contributed by atoms with E-state index in [0.717, 1.165) is 30.3 Å². The van der Waals surface area contributed by atoms with Gasteiger partial charge in [-0.2, -0.15) is 21.6 Å². The van der Waals surface area contributed by atoms with Gasteiger partial charge in [0.05, 0.1) is 5.69 Å². The van der Waals surface area contributed by atoms with Gasteiger partial charge in [0, 0.05) is 21.4 Å². The first-order valence-corrected chi connectivity index (χ1v) is 9.84. The van der Waals surface area contributed by atoms with Crippen molar-refractivity contribution in [3.8, 4) is 5.69 Å². The molecular weight excluding hydrogens is 390 g/mol. The van der Waals surface area contributed by atoms with Crippen LogP contribution in [-0.4, -0.2) is 23.2 Å². The molecule has 0 aliphatic heterocycles. The lowest BCUT2D eigenvalue weighted by molar-refractivity contribution is -0.144. The first kappa shape index (κ1) is 20.7. The van der Waals surface area contributed by atoms with Crippen LogP contribution in [0.2, 0.25) is 0 Å². The average Bonchev–Trinajstić information content (AvgIpc) is 2.94. The van der Waals surface area contributed by atoms with Crippen LogP contribution in [0.3, 0.4) is 0 Å². The van der Waals surface area contributed by atoms with Gasteiger partial charge in [0.25, 0.3) is 5.82 Å². The number of rotatable bonds is 3. The fourth-order valence-corrected chi connectivity index (χ4v) is 1.87. The highest BCUT2D eigenvalue weighted by molar-refractivity contribution is 8.31. The van der Waals surface area contributed by atoms with Crippen molar-refractivity contribution in [3.05, 3.63) is 41.5 Å². The molecule has 24 heavy (non-hydrogen) atoms. The Morgan fingerprint density at radius 1 is 1.17 bits per heavy atom. The molecule has 11 heteroatoms. The predicted molar refractivity (Wildman–Crippen MR) is 85.7 cm³/mol. The molecule has 1 heterocycles. The first-order chi connectivity index (χ1) is 11.0. The maximum Gasteiger partial charge on any atom is 0.453 e. The molecule has 0 fully saturated rings. The summed E-state index contributed by atoms with van der Waals surface area (Å²) in [6, 6.07) is 5.67. The molecule has 1 aromatic heterocycles. The van der Waals surface area contributed by atoms with Crippen LogP contribution in [0.25, 0.3) is 5.69 Å². The first-order valence-electron chi connectivity index (χ1n) is 6.71. The van der Waals surface area contributed by atoms with Gasteiger partial charge in [-0.15, -0.1) is 5.10 Å². The Bertz CT molecular complexity index is 784. The Balaban J connectivity index is 0.000000505. The Morgan fingerprint density at radius 2 is 1.75 bits per heavy atom. The maximum absolute atomic E-state index is 12.5. The minimum absolute atomic E-state index is 0.641. The van der Waals surface area contributed by atoms with Crippen LogP contribution in [0.1, 0.15) is 30.8 Å². The van der Waals surface area contributed by atoms with Gasteiger partial charge in [0.1, 0.15) is 6.33 Å². The van der Waals surface area contributed by atoms with E-state index in [1.54, 1.807) is 6.07 Å². The highest BCUT2D eigenvalue weighted by Gasteiger charge is 2.35. The molecule has 0 bridgehead atoms. The molecule has 2 rings (SSSR count). The molecule has 0 atom stereocenters. The van der Waals surface area contributed by atoms with Gasteiger partial charge in [-0.3, -0.25) is 0 Å². The lowest BCUT2D eigenvalue weighted by atomic mass is 10.0. The van der Waals surface area contributed by atoms with Gasteiger partial charge >= 0.3 is 14.4 Å². The van der Waals surface area contributed by atoms with Crippen molar-refractivity contribution in [1.29, 1.82) is 0 Å². The summed E-state index contributed by atoms with van der Waals surface area (Å²) in [4.78, 5) is 3.31. The van der Waals surface area contributed by atoms with E-state index < -0.39 is 20.3 Å². The van der Waals surface area contributed by atoms with Crippen LogP contribution in [0, 0.1) is 0 Å². The highest BCUT2D eigenvalue weighted by Crippen LogP contribution is 2.26. The maximum atomic E-state index is 12.5. The van der Waals surface area contributed by atoms with Crippen LogP contribution >= 0.6 is 21.4 Å². The van der Waals surface area contributed by atoms with Crippen molar-refractivity contribution >= 4 is 29.6 Å². The number of aryl methyl sites for hydroxylation is 2. The molecule has 134 valence electrons. The highest BCUT2D eigenvalue weighted by atomic mass is 36.0. The molecule has 0 saturated heterocycles. The summed E-state index contributed by atoms with van der Waals surface area (Å²) in [7, 11) is 4.81. The molecule has 0 unspecified atom stereocenters. The Morgan fingerprint density at radius 3 is 2.17 bits per heavy atom. The number of aromatic nitrogens is 3. The molecular formula is C13H14Cl2F3N3O2S. The second kappa shape index (κ2) is 8.17. The molecule has 0 spiro atoms. The Kier molecular flexibility index (Phi) is 7.06. The molecule has 0 amide bonds. The Labute approximate surface area is 146 Å². The van der Waals surface area contributed by atoms with Crippen LogP contribution in [-0.2, 0) is 27.3 Å². The van der Waals surface area contributed by atoms with Gasteiger partial charge in [-0.05, 0) is 30.0 Å².